The summed E-state index contributed by atoms with van der Waals surface area (Å²) in [5.74, 6) is 0.817. The van der Waals surface area contributed by atoms with Gasteiger partial charge in [0.1, 0.15) is 0 Å². The van der Waals surface area contributed by atoms with Gasteiger partial charge in [-0.25, -0.2) is 0 Å². The monoisotopic (exact) mass is 289 g/mol. The Balaban J connectivity index is 2.46. The Morgan fingerprint density at radius 3 is 2.44 bits per heavy atom. The molecule has 2 N–H and O–H groups in total. The van der Waals surface area contributed by atoms with Crippen molar-refractivity contribution in [3.8, 4) is 0 Å². The van der Waals surface area contributed by atoms with Crippen LogP contribution in [0.25, 0.3) is 0 Å². The number of carbonyl (C=O) groups is 1. The Morgan fingerprint density at radius 2 is 2.00 bits per heavy atom. The van der Waals surface area contributed by atoms with Crippen molar-refractivity contribution in [1.29, 1.82) is 0 Å². The van der Waals surface area contributed by atoms with Crippen LogP contribution in [-0.4, -0.2) is 64.9 Å². The molecule has 0 aromatic carbocycles. The largest absolute Gasteiger partial charge is 0.392 e. The molecule has 104 valence electrons. The molecule has 0 spiro atoms. The van der Waals surface area contributed by atoms with Crippen LogP contribution in [0.3, 0.4) is 0 Å². The number of hydrogen-bond acceptors (Lipinski definition) is 4. The fourth-order valence-corrected chi connectivity index (χ4v) is 2.97. The minimum absolute atomic E-state index is 0.197. The lowest BCUT2D eigenvalue weighted by Crippen LogP contribution is -2.55. The second-order valence-electron chi connectivity index (χ2n) is 4.56. The summed E-state index contributed by atoms with van der Waals surface area (Å²) >= 11 is 6.72. The van der Waals surface area contributed by atoms with Crippen molar-refractivity contribution >= 4 is 34.9 Å². The molecule has 0 radical (unpaired) electrons. The second-order valence-corrected chi connectivity index (χ2v) is 5.89. The molecule has 1 fully saturated rings. The highest BCUT2D eigenvalue weighted by Gasteiger charge is 2.26. The van der Waals surface area contributed by atoms with E-state index in [4.69, 9.17) is 18.0 Å². The third-order valence-electron chi connectivity index (χ3n) is 3.27. The fourth-order valence-electron chi connectivity index (χ4n) is 2.28. The van der Waals surface area contributed by atoms with Crippen LogP contribution < -0.4 is 5.73 Å². The molecule has 4 nitrogen and oxygen atoms in total. The molecule has 0 aliphatic carbocycles. The molecule has 1 heterocycles. The molecule has 1 aliphatic rings. The Labute approximate surface area is 119 Å². The number of thioether (sulfide) groups is 1. The molecule has 1 atom stereocenters. The van der Waals surface area contributed by atoms with Gasteiger partial charge in [0, 0.05) is 26.2 Å². The predicted octanol–water partition coefficient (Wildman–Crippen LogP) is 0.948. The average Bonchev–Trinajstić information content (AvgIpc) is 2.36. The van der Waals surface area contributed by atoms with Crippen LogP contribution in [0.15, 0.2) is 0 Å². The first-order chi connectivity index (χ1) is 8.60. The molecule has 1 saturated heterocycles. The van der Waals surface area contributed by atoms with Crippen molar-refractivity contribution in [3.63, 3.8) is 0 Å². The minimum Gasteiger partial charge on any atom is -0.392 e. The summed E-state index contributed by atoms with van der Waals surface area (Å²) in [5.41, 5.74) is 5.80. The van der Waals surface area contributed by atoms with Crippen LogP contribution in [-0.2, 0) is 4.79 Å². The van der Waals surface area contributed by atoms with E-state index in [0.29, 0.717) is 10.7 Å². The van der Waals surface area contributed by atoms with E-state index in [9.17, 15) is 4.79 Å². The number of amides is 1. The van der Waals surface area contributed by atoms with Crippen LogP contribution in [0, 0.1) is 0 Å². The van der Waals surface area contributed by atoms with Crippen molar-refractivity contribution in [3.05, 3.63) is 0 Å². The van der Waals surface area contributed by atoms with Gasteiger partial charge < -0.3 is 10.6 Å². The first-order valence-corrected chi connectivity index (χ1v) is 8.20. The molecule has 1 rings (SSSR count). The zero-order valence-electron chi connectivity index (χ0n) is 11.2. The van der Waals surface area contributed by atoms with Gasteiger partial charge in [0.05, 0.1) is 16.8 Å². The van der Waals surface area contributed by atoms with Crippen LogP contribution >= 0.6 is 24.0 Å². The predicted molar refractivity (Wildman–Crippen MR) is 82.0 cm³/mol. The maximum absolute atomic E-state index is 11.8. The van der Waals surface area contributed by atoms with Gasteiger partial charge in [0.15, 0.2) is 0 Å². The Kier molecular flexibility index (Phi) is 6.96. The van der Waals surface area contributed by atoms with Crippen molar-refractivity contribution in [2.75, 3.05) is 38.2 Å². The molecule has 0 saturated carbocycles. The van der Waals surface area contributed by atoms with Gasteiger partial charge in [-0.1, -0.05) is 25.6 Å². The molecular weight excluding hydrogens is 266 g/mol. The maximum atomic E-state index is 11.8. The topological polar surface area (TPSA) is 49.6 Å². The number of hydrogen-bond donors (Lipinski definition) is 1. The number of rotatable bonds is 6. The average molecular weight is 289 g/mol. The number of nitrogens with zero attached hydrogens (tertiary/aromatic N) is 2. The van der Waals surface area contributed by atoms with E-state index in [1.165, 1.54) is 0 Å². The molecule has 0 aromatic rings. The first kappa shape index (κ1) is 15.7. The van der Waals surface area contributed by atoms with Gasteiger partial charge in [-0.3, -0.25) is 9.69 Å². The highest BCUT2D eigenvalue weighted by Crippen LogP contribution is 2.12. The third-order valence-corrected chi connectivity index (χ3v) is 4.07. The number of carbonyl (C=O) groups excluding carboxylic acids is 1. The quantitative estimate of drug-likeness (QED) is 0.738. The van der Waals surface area contributed by atoms with Gasteiger partial charge >= 0.3 is 0 Å². The Morgan fingerprint density at radius 1 is 1.39 bits per heavy atom. The summed E-state index contributed by atoms with van der Waals surface area (Å²) in [7, 11) is 0. The highest BCUT2D eigenvalue weighted by molar-refractivity contribution is 7.99. The molecule has 18 heavy (non-hydrogen) atoms. The molecule has 1 unspecified atom stereocenters. The van der Waals surface area contributed by atoms with Gasteiger partial charge in [-0.2, -0.15) is 11.8 Å². The summed E-state index contributed by atoms with van der Waals surface area (Å²) in [4.78, 5) is 16.6. The summed E-state index contributed by atoms with van der Waals surface area (Å²) in [5, 5.41) is 0. The van der Waals surface area contributed by atoms with E-state index < -0.39 is 0 Å². The summed E-state index contributed by atoms with van der Waals surface area (Å²) in [6.07, 6.45) is 4.04. The molecule has 1 amide bonds. The smallest absolute Gasteiger partial charge is 0.232 e. The second kappa shape index (κ2) is 7.96. The van der Waals surface area contributed by atoms with Crippen LogP contribution in [0.1, 0.15) is 19.8 Å². The van der Waals surface area contributed by atoms with Gasteiger partial charge in [0.25, 0.3) is 0 Å². The third kappa shape index (κ3) is 4.40. The standard InChI is InChI=1S/C12H23N3OS2/c1-3-4-10(12(13)17)14-5-7-15(8-6-14)11(16)9-18-2/h10H,3-9H2,1-2H3,(H2,13,17). The zero-order valence-corrected chi connectivity index (χ0v) is 12.9. The summed E-state index contributed by atoms with van der Waals surface area (Å²) in [6.45, 7) is 5.48. The molecular formula is C12H23N3OS2. The van der Waals surface area contributed by atoms with Crippen LogP contribution in [0.4, 0.5) is 0 Å². The molecule has 0 bridgehead atoms. The van der Waals surface area contributed by atoms with Crippen molar-refractivity contribution in [2.45, 2.75) is 25.8 Å². The molecule has 1 aliphatic heterocycles. The highest BCUT2D eigenvalue weighted by atomic mass is 32.2. The van der Waals surface area contributed by atoms with E-state index in [-0.39, 0.29) is 11.9 Å². The number of piperazine rings is 1. The maximum Gasteiger partial charge on any atom is 0.232 e. The zero-order chi connectivity index (χ0) is 13.5. The molecule has 6 heteroatoms. The van der Waals surface area contributed by atoms with E-state index in [1.807, 2.05) is 11.2 Å². The van der Waals surface area contributed by atoms with Gasteiger partial charge in [-0.05, 0) is 12.7 Å². The normalized spacial score (nSPS) is 18.7. The first-order valence-electron chi connectivity index (χ1n) is 6.40. The number of nitrogens with two attached hydrogens (primary N) is 1. The lowest BCUT2D eigenvalue weighted by atomic mass is 10.1. The lowest BCUT2D eigenvalue weighted by molar-refractivity contribution is -0.130. The van der Waals surface area contributed by atoms with E-state index in [2.05, 4.69) is 11.8 Å². The van der Waals surface area contributed by atoms with E-state index >= 15 is 0 Å². The van der Waals surface area contributed by atoms with Crippen LogP contribution in [0.2, 0.25) is 0 Å². The van der Waals surface area contributed by atoms with Crippen molar-refractivity contribution < 1.29 is 4.79 Å². The SMILES string of the molecule is CCCC(C(N)=S)N1CCN(C(=O)CSC)CC1. The van der Waals surface area contributed by atoms with E-state index in [1.54, 1.807) is 11.8 Å². The van der Waals surface area contributed by atoms with Crippen LogP contribution in [0.5, 0.6) is 0 Å². The fraction of sp³-hybridized carbons (Fsp3) is 0.833. The number of thiocarbonyl (C=S) groups is 1. The van der Waals surface area contributed by atoms with Gasteiger partial charge in [0.2, 0.25) is 5.91 Å². The summed E-state index contributed by atoms with van der Waals surface area (Å²) in [6, 6.07) is 0.197. The van der Waals surface area contributed by atoms with Crippen molar-refractivity contribution in [1.82, 2.24) is 9.80 Å². The van der Waals surface area contributed by atoms with E-state index in [0.717, 1.165) is 39.0 Å². The van der Waals surface area contributed by atoms with Gasteiger partial charge in [-0.15, -0.1) is 0 Å². The summed E-state index contributed by atoms with van der Waals surface area (Å²) < 4.78 is 0. The minimum atomic E-state index is 0.197. The lowest BCUT2D eigenvalue weighted by Gasteiger charge is -2.38. The Bertz CT molecular complexity index is 291. The molecule has 0 aromatic heterocycles. The Hall–Kier alpha value is -0.330. The van der Waals surface area contributed by atoms with Crippen molar-refractivity contribution in [2.24, 2.45) is 5.73 Å².